The van der Waals surface area contributed by atoms with Gasteiger partial charge in [0.2, 0.25) is 5.91 Å². The van der Waals surface area contributed by atoms with Gasteiger partial charge in [-0.3, -0.25) is 14.2 Å². The van der Waals surface area contributed by atoms with Crippen LogP contribution in [0, 0.1) is 0 Å². The van der Waals surface area contributed by atoms with Gasteiger partial charge in [-0.05, 0) is 48.4 Å². The van der Waals surface area contributed by atoms with Gasteiger partial charge in [0.05, 0.1) is 25.5 Å². The average molecular weight is 490 g/mol. The molecule has 0 saturated carbocycles. The molecule has 0 N–H and O–H groups in total. The summed E-state index contributed by atoms with van der Waals surface area (Å²) < 4.78 is 13.0. The van der Waals surface area contributed by atoms with E-state index in [9.17, 15) is 9.59 Å². The summed E-state index contributed by atoms with van der Waals surface area (Å²) in [5.74, 6) is 1.66. The minimum atomic E-state index is -0.0654. The first-order valence-corrected chi connectivity index (χ1v) is 13.0. The first-order valence-electron chi connectivity index (χ1n) is 11.1. The molecule has 0 atom stereocenters. The lowest BCUT2D eigenvalue weighted by molar-refractivity contribution is -0.128. The molecule has 0 bridgehead atoms. The van der Waals surface area contributed by atoms with Gasteiger partial charge >= 0.3 is 0 Å². The number of thioether (sulfide) groups is 1. The summed E-state index contributed by atoms with van der Waals surface area (Å²) in [4.78, 5) is 32.6. The molecule has 33 heavy (non-hydrogen) atoms. The number of ether oxygens (including phenoxy) is 2. The molecule has 3 aromatic rings. The third-order valence-electron chi connectivity index (χ3n) is 5.27. The van der Waals surface area contributed by atoms with Crippen molar-refractivity contribution >= 4 is 39.2 Å². The van der Waals surface area contributed by atoms with Crippen LogP contribution >= 0.6 is 23.1 Å². The smallest absolute Gasteiger partial charge is 0.272 e. The number of fused-ring (bicyclic) bond motifs is 1. The van der Waals surface area contributed by atoms with Crippen molar-refractivity contribution in [2.75, 3.05) is 33.1 Å². The second kappa shape index (κ2) is 12.1. The van der Waals surface area contributed by atoms with Gasteiger partial charge in [0.15, 0.2) is 16.7 Å². The molecule has 1 aromatic carbocycles. The fourth-order valence-electron chi connectivity index (χ4n) is 3.63. The Morgan fingerprint density at radius 3 is 2.52 bits per heavy atom. The van der Waals surface area contributed by atoms with Crippen LogP contribution in [0.15, 0.2) is 39.6 Å². The Hall–Kier alpha value is -2.52. The lowest BCUT2D eigenvalue weighted by Crippen LogP contribution is -2.34. The van der Waals surface area contributed by atoms with Crippen molar-refractivity contribution in [3.63, 3.8) is 0 Å². The van der Waals surface area contributed by atoms with Gasteiger partial charge in [0, 0.05) is 19.6 Å². The molecule has 0 saturated heterocycles. The summed E-state index contributed by atoms with van der Waals surface area (Å²) in [5.41, 5.74) is 1.64. The number of aromatic nitrogens is 2. The van der Waals surface area contributed by atoms with Crippen LogP contribution in [0.3, 0.4) is 0 Å². The third-order valence-corrected chi connectivity index (χ3v) is 7.12. The minimum absolute atomic E-state index is 0.0654. The summed E-state index contributed by atoms with van der Waals surface area (Å²) in [6, 6.07) is 7.60. The van der Waals surface area contributed by atoms with Crippen LogP contribution in [0.2, 0.25) is 0 Å². The molecular formula is C24H31N3O4S2. The summed E-state index contributed by atoms with van der Waals surface area (Å²) >= 11 is 2.73. The van der Waals surface area contributed by atoms with Crippen LogP contribution in [0.25, 0.3) is 10.2 Å². The second-order valence-corrected chi connectivity index (χ2v) is 9.45. The molecule has 0 aliphatic carbocycles. The van der Waals surface area contributed by atoms with Crippen molar-refractivity contribution in [3.8, 4) is 11.5 Å². The molecule has 178 valence electrons. The fourth-order valence-corrected chi connectivity index (χ4v) is 5.33. The summed E-state index contributed by atoms with van der Waals surface area (Å²) in [5, 5.41) is 2.45. The molecule has 0 aliphatic rings. The zero-order chi connectivity index (χ0) is 23.8. The Labute approximate surface area is 202 Å². The fraction of sp³-hybridized carbons (Fsp3) is 0.458. The van der Waals surface area contributed by atoms with Gasteiger partial charge in [-0.1, -0.05) is 31.7 Å². The zero-order valence-corrected chi connectivity index (χ0v) is 21.3. The monoisotopic (exact) mass is 489 g/mol. The maximum absolute atomic E-state index is 13.2. The Morgan fingerprint density at radius 1 is 1.12 bits per heavy atom. The van der Waals surface area contributed by atoms with Crippen molar-refractivity contribution in [1.82, 2.24) is 14.5 Å². The average Bonchev–Trinajstić information content (AvgIpc) is 3.30. The number of carbonyl (C=O) groups excluding carboxylic acids is 1. The number of thiophene rings is 1. The summed E-state index contributed by atoms with van der Waals surface area (Å²) in [7, 11) is 3.21. The van der Waals surface area contributed by atoms with E-state index < -0.39 is 0 Å². The number of benzene rings is 1. The molecule has 0 radical (unpaired) electrons. The van der Waals surface area contributed by atoms with E-state index >= 15 is 0 Å². The van der Waals surface area contributed by atoms with Gasteiger partial charge in [0.1, 0.15) is 4.70 Å². The Morgan fingerprint density at radius 2 is 1.85 bits per heavy atom. The minimum Gasteiger partial charge on any atom is -0.493 e. The lowest BCUT2D eigenvalue weighted by atomic mass is 10.1. The van der Waals surface area contributed by atoms with Crippen LogP contribution in [0.1, 0.15) is 32.3 Å². The molecule has 0 spiro atoms. The number of hydrogen-bond acceptors (Lipinski definition) is 7. The maximum atomic E-state index is 13.2. The van der Waals surface area contributed by atoms with Crippen LogP contribution < -0.4 is 15.0 Å². The van der Waals surface area contributed by atoms with Gasteiger partial charge in [-0.25, -0.2) is 4.98 Å². The number of hydrogen-bond donors (Lipinski definition) is 0. The zero-order valence-electron chi connectivity index (χ0n) is 19.6. The first kappa shape index (κ1) is 25.1. The summed E-state index contributed by atoms with van der Waals surface area (Å²) in [6.07, 6.45) is 2.47. The number of rotatable bonds is 12. The van der Waals surface area contributed by atoms with Crippen LogP contribution in [-0.2, 0) is 17.8 Å². The van der Waals surface area contributed by atoms with E-state index in [1.54, 1.807) is 18.8 Å². The van der Waals surface area contributed by atoms with Gasteiger partial charge in [0.25, 0.3) is 5.56 Å². The Balaban J connectivity index is 1.83. The maximum Gasteiger partial charge on any atom is 0.272 e. The molecule has 7 nitrogen and oxygen atoms in total. The highest BCUT2D eigenvalue weighted by molar-refractivity contribution is 7.99. The van der Waals surface area contributed by atoms with E-state index in [4.69, 9.17) is 14.5 Å². The van der Waals surface area contributed by atoms with Gasteiger partial charge in [-0.2, -0.15) is 0 Å². The van der Waals surface area contributed by atoms with E-state index in [1.165, 1.54) is 23.1 Å². The van der Waals surface area contributed by atoms with E-state index in [0.717, 1.165) is 31.5 Å². The van der Waals surface area contributed by atoms with Crippen molar-refractivity contribution in [2.45, 2.75) is 44.8 Å². The van der Waals surface area contributed by atoms with Crippen LogP contribution in [0.4, 0.5) is 0 Å². The van der Waals surface area contributed by atoms with Crippen molar-refractivity contribution in [2.24, 2.45) is 0 Å². The molecule has 2 aromatic heterocycles. The van der Waals surface area contributed by atoms with Crippen molar-refractivity contribution in [3.05, 3.63) is 45.6 Å². The highest BCUT2D eigenvalue weighted by Gasteiger charge is 2.17. The number of carbonyl (C=O) groups is 1. The number of aryl methyl sites for hydroxylation is 1. The standard InChI is InChI=1S/C24H31N3O4S2/c1-5-11-26(12-6-2)21(28)16-33-24-25-18-10-14-32-22(18)23(29)27(24)13-9-17-7-8-19(30-3)20(15-17)31-4/h7-8,10,14-15H,5-6,9,11-13,16H2,1-4H3. The predicted octanol–water partition coefficient (Wildman–Crippen LogP) is 4.46. The van der Waals surface area contributed by atoms with E-state index in [1.807, 2.05) is 34.5 Å². The molecule has 0 aliphatic heterocycles. The highest BCUT2D eigenvalue weighted by Crippen LogP contribution is 2.28. The quantitative estimate of drug-likeness (QED) is 0.276. The van der Waals surface area contributed by atoms with Gasteiger partial charge in [-0.15, -0.1) is 11.3 Å². The molecule has 9 heteroatoms. The Bertz CT molecular complexity index is 1140. The molecule has 2 heterocycles. The summed E-state index contributed by atoms with van der Waals surface area (Å²) in [6.45, 7) is 6.09. The topological polar surface area (TPSA) is 73.7 Å². The highest BCUT2D eigenvalue weighted by atomic mass is 32.2. The van der Waals surface area contributed by atoms with Crippen LogP contribution in [-0.4, -0.2) is 53.4 Å². The van der Waals surface area contributed by atoms with E-state index in [0.29, 0.717) is 39.8 Å². The first-order chi connectivity index (χ1) is 16.0. The molecule has 3 rings (SSSR count). The largest absolute Gasteiger partial charge is 0.493 e. The number of amides is 1. The normalized spacial score (nSPS) is 11.0. The number of methoxy groups -OCH3 is 2. The van der Waals surface area contributed by atoms with E-state index in [2.05, 4.69) is 13.8 Å². The third kappa shape index (κ3) is 6.09. The van der Waals surface area contributed by atoms with Crippen LogP contribution in [0.5, 0.6) is 11.5 Å². The molecule has 0 fully saturated rings. The second-order valence-electron chi connectivity index (χ2n) is 7.59. The molecular weight excluding hydrogens is 458 g/mol. The SMILES string of the molecule is CCCN(CCC)C(=O)CSc1nc2ccsc2c(=O)n1CCc1ccc(OC)c(OC)c1. The Kier molecular flexibility index (Phi) is 9.20. The molecule has 1 amide bonds. The van der Waals surface area contributed by atoms with Gasteiger partial charge < -0.3 is 14.4 Å². The van der Waals surface area contributed by atoms with Crippen molar-refractivity contribution in [1.29, 1.82) is 0 Å². The lowest BCUT2D eigenvalue weighted by Gasteiger charge is -2.21. The van der Waals surface area contributed by atoms with Crippen molar-refractivity contribution < 1.29 is 14.3 Å². The molecule has 0 unspecified atom stereocenters. The number of nitrogens with zero attached hydrogens (tertiary/aromatic N) is 3. The van der Waals surface area contributed by atoms with E-state index in [-0.39, 0.29) is 17.2 Å². The predicted molar refractivity (Wildman–Crippen MR) is 135 cm³/mol.